The molecule has 5 heteroatoms. The van der Waals surface area contributed by atoms with Gasteiger partial charge in [-0.1, -0.05) is 18.2 Å². The predicted octanol–water partition coefficient (Wildman–Crippen LogP) is 3.45. The van der Waals surface area contributed by atoms with E-state index in [4.69, 9.17) is 0 Å². The summed E-state index contributed by atoms with van der Waals surface area (Å²) in [5, 5.41) is 8.44. The van der Waals surface area contributed by atoms with Crippen molar-refractivity contribution in [1.29, 1.82) is 0 Å². The van der Waals surface area contributed by atoms with Crippen LogP contribution in [0.5, 0.6) is 0 Å². The van der Waals surface area contributed by atoms with Crippen molar-refractivity contribution in [2.45, 2.75) is 19.6 Å². The maximum atomic E-state index is 12.7. The van der Waals surface area contributed by atoms with Crippen molar-refractivity contribution in [3.05, 3.63) is 75.7 Å². The Labute approximate surface area is 138 Å². The summed E-state index contributed by atoms with van der Waals surface area (Å²) in [6.07, 6.45) is 1.95. The zero-order valence-electron chi connectivity index (χ0n) is 12.6. The molecule has 0 spiro atoms. The summed E-state index contributed by atoms with van der Waals surface area (Å²) in [5.41, 5.74) is 4.04. The Morgan fingerprint density at radius 3 is 3.00 bits per heavy atom. The number of carbonyl (C=O) groups is 1. The molecule has 0 fully saturated rings. The molecule has 0 bridgehead atoms. The van der Waals surface area contributed by atoms with Gasteiger partial charge in [0.25, 0.3) is 5.91 Å². The molecule has 0 atom stereocenters. The molecule has 3 heterocycles. The van der Waals surface area contributed by atoms with E-state index in [1.54, 1.807) is 11.3 Å². The molecule has 0 aliphatic carbocycles. The van der Waals surface area contributed by atoms with Gasteiger partial charge in [-0.05, 0) is 40.8 Å². The average Bonchev–Trinajstić information content (AvgIpc) is 3.29. The van der Waals surface area contributed by atoms with Gasteiger partial charge in [-0.25, -0.2) is 0 Å². The molecular formula is C18H17N3OS. The second-order valence-corrected chi connectivity index (χ2v) is 6.63. The zero-order valence-corrected chi connectivity index (χ0v) is 13.4. The van der Waals surface area contributed by atoms with Gasteiger partial charge in [0, 0.05) is 29.9 Å². The topological polar surface area (TPSA) is 46.1 Å². The first-order valence-electron chi connectivity index (χ1n) is 7.61. The lowest BCUT2D eigenvalue weighted by molar-refractivity contribution is 0.101. The SMILES string of the molecule is O=C(Nc1cccc2c1CNC2)c1cccn1Cc1cccs1. The molecule has 0 unspecified atom stereocenters. The number of rotatable bonds is 4. The Hall–Kier alpha value is -2.37. The molecule has 3 aromatic rings. The van der Waals surface area contributed by atoms with E-state index in [1.165, 1.54) is 16.0 Å². The first-order valence-corrected chi connectivity index (χ1v) is 8.49. The van der Waals surface area contributed by atoms with Gasteiger partial charge in [-0.2, -0.15) is 0 Å². The van der Waals surface area contributed by atoms with Gasteiger partial charge < -0.3 is 15.2 Å². The maximum absolute atomic E-state index is 12.7. The molecule has 1 amide bonds. The molecule has 4 nitrogen and oxygen atoms in total. The molecule has 0 saturated heterocycles. The van der Waals surface area contributed by atoms with Crippen molar-refractivity contribution in [2.75, 3.05) is 5.32 Å². The van der Waals surface area contributed by atoms with E-state index < -0.39 is 0 Å². The molecule has 116 valence electrons. The van der Waals surface area contributed by atoms with Gasteiger partial charge in [-0.3, -0.25) is 4.79 Å². The summed E-state index contributed by atoms with van der Waals surface area (Å²) in [7, 11) is 0. The van der Waals surface area contributed by atoms with E-state index in [9.17, 15) is 4.79 Å². The van der Waals surface area contributed by atoms with Gasteiger partial charge in [-0.15, -0.1) is 11.3 Å². The lowest BCUT2D eigenvalue weighted by Crippen LogP contribution is -2.18. The third-order valence-corrected chi connectivity index (χ3v) is 4.97. The number of carbonyl (C=O) groups excluding carboxylic acids is 1. The molecule has 1 aliphatic rings. The van der Waals surface area contributed by atoms with Crippen LogP contribution in [0.15, 0.2) is 54.0 Å². The van der Waals surface area contributed by atoms with Gasteiger partial charge in [0.05, 0.1) is 6.54 Å². The highest BCUT2D eigenvalue weighted by Gasteiger charge is 2.17. The second-order valence-electron chi connectivity index (χ2n) is 5.60. The second kappa shape index (κ2) is 6.02. The Balaban J connectivity index is 1.56. The highest BCUT2D eigenvalue weighted by molar-refractivity contribution is 7.09. The number of hydrogen-bond donors (Lipinski definition) is 2. The number of hydrogen-bond acceptors (Lipinski definition) is 3. The fraction of sp³-hybridized carbons (Fsp3) is 0.167. The van der Waals surface area contributed by atoms with Crippen molar-refractivity contribution in [2.24, 2.45) is 0 Å². The summed E-state index contributed by atoms with van der Waals surface area (Å²) < 4.78 is 1.99. The zero-order chi connectivity index (χ0) is 15.6. The number of anilines is 1. The fourth-order valence-electron chi connectivity index (χ4n) is 2.96. The quantitative estimate of drug-likeness (QED) is 0.772. The maximum Gasteiger partial charge on any atom is 0.272 e. The fourth-order valence-corrected chi connectivity index (χ4v) is 3.67. The number of benzene rings is 1. The lowest BCUT2D eigenvalue weighted by Gasteiger charge is -2.12. The smallest absolute Gasteiger partial charge is 0.272 e. The van der Waals surface area contributed by atoms with Gasteiger partial charge in [0.1, 0.15) is 5.69 Å². The van der Waals surface area contributed by atoms with Crippen molar-refractivity contribution in [3.63, 3.8) is 0 Å². The Morgan fingerprint density at radius 2 is 2.13 bits per heavy atom. The summed E-state index contributed by atoms with van der Waals surface area (Å²) in [5.74, 6) is -0.0631. The highest BCUT2D eigenvalue weighted by Crippen LogP contribution is 2.24. The molecular weight excluding hydrogens is 306 g/mol. The number of aromatic nitrogens is 1. The average molecular weight is 323 g/mol. The first-order chi connectivity index (χ1) is 11.3. The van der Waals surface area contributed by atoms with Gasteiger partial charge in [0.2, 0.25) is 0 Å². The Bertz CT molecular complexity index is 836. The van der Waals surface area contributed by atoms with E-state index in [-0.39, 0.29) is 5.91 Å². The van der Waals surface area contributed by atoms with Crippen molar-refractivity contribution >= 4 is 22.9 Å². The molecule has 2 N–H and O–H groups in total. The predicted molar refractivity (Wildman–Crippen MR) is 92.8 cm³/mol. The van der Waals surface area contributed by atoms with Crippen LogP contribution in [-0.2, 0) is 19.6 Å². The van der Waals surface area contributed by atoms with Crippen LogP contribution >= 0.6 is 11.3 Å². The molecule has 0 radical (unpaired) electrons. The third kappa shape index (κ3) is 2.81. The number of nitrogens with one attached hydrogen (secondary N) is 2. The normalized spacial score (nSPS) is 13.0. The van der Waals surface area contributed by atoms with Gasteiger partial charge in [0.15, 0.2) is 0 Å². The van der Waals surface area contributed by atoms with E-state index in [1.807, 2.05) is 41.1 Å². The van der Waals surface area contributed by atoms with Crippen LogP contribution in [0.4, 0.5) is 5.69 Å². The minimum atomic E-state index is -0.0631. The number of thiophene rings is 1. The van der Waals surface area contributed by atoms with Crippen molar-refractivity contribution < 1.29 is 4.79 Å². The van der Waals surface area contributed by atoms with Crippen LogP contribution in [0.3, 0.4) is 0 Å². The van der Waals surface area contributed by atoms with E-state index >= 15 is 0 Å². The summed E-state index contributed by atoms with van der Waals surface area (Å²) in [6.45, 7) is 2.40. The lowest BCUT2D eigenvalue weighted by atomic mass is 10.1. The largest absolute Gasteiger partial charge is 0.338 e. The minimum Gasteiger partial charge on any atom is -0.338 e. The number of nitrogens with zero attached hydrogens (tertiary/aromatic N) is 1. The molecule has 2 aromatic heterocycles. The molecule has 4 rings (SSSR count). The van der Waals surface area contributed by atoms with Crippen LogP contribution in [0.1, 0.15) is 26.5 Å². The van der Waals surface area contributed by atoms with Crippen LogP contribution in [-0.4, -0.2) is 10.5 Å². The minimum absolute atomic E-state index is 0.0631. The monoisotopic (exact) mass is 323 g/mol. The molecule has 1 aromatic carbocycles. The summed E-state index contributed by atoms with van der Waals surface area (Å²) >= 11 is 1.70. The van der Waals surface area contributed by atoms with Gasteiger partial charge >= 0.3 is 0 Å². The van der Waals surface area contributed by atoms with E-state index in [0.717, 1.165) is 25.3 Å². The number of amides is 1. The summed E-state index contributed by atoms with van der Waals surface area (Å²) in [6, 6.07) is 14.0. The summed E-state index contributed by atoms with van der Waals surface area (Å²) in [4.78, 5) is 13.9. The van der Waals surface area contributed by atoms with E-state index in [2.05, 4.69) is 28.1 Å². The van der Waals surface area contributed by atoms with Crippen molar-refractivity contribution in [3.8, 4) is 0 Å². The molecule has 23 heavy (non-hydrogen) atoms. The van der Waals surface area contributed by atoms with Crippen LogP contribution < -0.4 is 10.6 Å². The Morgan fingerprint density at radius 1 is 1.17 bits per heavy atom. The van der Waals surface area contributed by atoms with Crippen molar-refractivity contribution in [1.82, 2.24) is 9.88 Å². The first kappa shape index (κ1) is 14.2. The molecule has 0 saturated carbocycles. The Kier molecular flexibility index (Phi) is 3.73. The van der Waals surface area contributed by atoms with Crippen LogP contribution in [0.2, 0.25) is 0 Å². The van der Waals surface area contributed by atoms with Crippen LogP contribution in [0, 0.1) is 0 Å². The third-order valence-electron chi connectivity index (χ3n) is 4.11. The highest BCUT2D eigenvalue weighted by atomic mass is 32.1. The number of fused-ring (bicyclic) bond motifs is 1. The standard InChI is InChI=1S/C18H17N3OS/c22-18(20-16-6-1-4-13-10-19-11-15(13)16)17-7-2-8-21(17)12-14-5-3-9-23-14/h1-9,19H,10-12H2,(H,20,22). The van der Waals surface area contributed by atoms with E-state index in [0.29, 0.717) is 5.69 Å². The molecule has 1 aliphatic heterocycles. The van der Waals surface area contributed by atoms with Crippen LogP contribution in [0.25, 0.3) is 0 Å².